The highest BCUT2D eigenvalue weighted by Gasteiger charge is 2.29. The molecular weight excluding hydrogens is 324 g/mol. The van der Waals surface area contributed by atoms with Crippen molar-refractivity contribution in [1.29, 1.82) is 0 Å². The SMILES string of the molecule is O=C([C@H](Oc1ccc([N+](=O)[O-])cc1)c1ccccc1)N1CCOCC1. The van der Waals surface area contributed by atoms with E-state index in [-0.39, 0.29) is 11.6 Å². The summed E-state index contributed by atoms with van der Waals surface area (Å²) in [7, 11) is 0. The normalized spacial score (nSPS) is 15.4. The second-order valence-corrected chi connectivity index (χ2v) is 5.60. The second kappa shape index (κ2) is 7.76. The predicted molar refractivity (Wildman–Crippen MR) is 90.3 cm³/mol. The molecule has 7 nitrogen and oxygen atoms in total. The number of nitro benzene ring substituents is 1. The van der Waals surface area contributed by atoms with Gasteiger partial charge in [0.25, 0.3) is 11.6 Å². The van der Waals surface area contributed by atoms with Crippen LogP contribution in [0.3, 0.4) is 0 Å². The van der Waals surface area contributed by atoms with Gasteiger partial charge in [0.05, 0.1) is 18.1 Å². The van der Waals surface area contributed by atoms with Gasteiger partial charge in [-0.25, -0.2) is 0 Å². The van der Waals surface area contributed by atoms with Crippen molar-refractivity contribution in [2.24, 2.45) is 0 Å². The molecule has 1 saturated heterocycles. The topological polar surface area (TPSA) is 81.9 Å². The molecule has 3 rings (SSSR count). The van der Waals surface area contributed by atoms with Crippen molar-refractivity contribution < 1.29 is 19.2 Å². The van der Waals surface area contributed by atoms with Crippen LogP contribution in [0.1, 0.15) is 11.7 Å². The fourth-order valence-corrected chi connectivity index (χ4v) is 2.62. The predicted octanol–water partition coefficient (Wildman–Crippen LogP) is 2.57. The summed E-state index contributed by atoms with van der Waals surface area (Å²) in [5.74, 6) is 0.258. The molecule has 130 valence electrons. The summed E-state index contributed by atoms with van der Waals surface area (Å²) >= 11 is 0. The van der Waals surface area contributed by atoms with E-state index in [0.717, 1.165) is 5.56 Å². The number of nitrogens with zero attached hydrogens (tertiary/aromatic N) is 2. The van der Waals surface area contributed by atoms with Crippen LogP contribution >= 0.6 is 0 Å². The third-order valence-electron chi connectivity index (χ3n) is 3.95. The first-order valence-electron chi connectivity index (χ1n) is 7.98. The minimum Gasteiger partial charge on any atom is -0.476 e. The van der Waals surface area contributed by atoms with Crippen LogP contribution in [0.2, 0.25) is 0 Å². The minimum absolute atomic E-state index is 0.0249. The third kappa shape index (κ3) is 4.13. The highest BCUT2D eigenvalue weighted by atomic mass is 16.6. The second-order valence-electron chi connectivity index (χ2n) is 5.60. The Labute approximate surface area is 144 Å². The summed E-state index contributed by atoms with van der Waals surface area (Å²) in [4.78, 5) is 24.9. The van der Waals surface area contributed by atoms with Gasteiger partial charge in [-0.1, -0.05) is 30.3 Å². The van der Waals surface area contributed by atoms with Crippen LogP contribution in [0.4, 0.5) is 5.69 Å². The van der Waals surface area contributed by atoms with E-state index < -0.39 is 11.0 Å². The van der Waals surface area contributed by atoms with Crippen molar-refractivity contribution in [1.82, 2.24) is 4.90 Å². The molecule has 1 atom stereocenters. The summed E-state index contributed by atoms with van der Waals surface area (Å²) in [6.45, 7) is 2.05. The number of carbonyl (C=O) groups excluding carboxylic acids is 1. The zero-order valence-electron chi connectivity index (χ0n) is 13.5. The average molecular weight is 342 g/mol. The van der Waals surface area contributed by atoms with Gasteiger partial charge in [0.2, 0.25) is 6.10 Å². The molecule has 1 aliphatic heterocycles. The molecule has 0 radical (unpaired) electrons. The number of hydrogen-bond donors (Lipinski definition) is 0. The Morgan fingerprint density at radius 3 is 2.32 bits per heavy atom. The summed E-state index contributed by atoms with van der Waals surface area (Å²) < 4.78 is 11.2. The molecule has 2 aromatic carbocycles. The molecule has 1 fully saturated rings. The lowest BCUT2D eigenvalue weighted by atomic mass is 10.1. The first kappa shape index (κ1) is 16.9. The van der Waals surface area contributed by atoms with Gasteiger partial charge in [-0.3, -0.25) is 14.9 Å². The molecule has 0 aromatic heterocycles. The molecule has 25 heavy (non-hydrogen) atoms. The maximum Gasteiger partial charge on any atom is 0.269 e. The zero-order chi connectivity index (χ0) is 17.6. The average Bonchev–Trinajstić information content (AvgIpc) is 2.67. The Kier molecular flexibility index (Phi) is 5.25. The molecule has 0 spiro atoms. The lowest BCUT2D eigenvalue weighted by molar-refractivity contribution is -0.384. The molecule has 0 unspecified atom stereocenters. The number of hydrogen-bond acceptors (Lipinski definition) is 5. The van der Waals surface area contributed by atoms with Gasteiger partial charge in [0.1, 0.15) is 5.75 Å². The Balaban J connectivity index is 1.83. The van der Waals surface area contributed by atoms with E-state index in [1.165, 1.54) is 24.3 Å². The lowest BCUT2D eigenvalue weighted by Crippen LogP contribution is -2.44. The summed E-state index contributed by atoms with van der Waals surface area (Å²) in [5, 5.41) is 10.8. The number of carbonyl (C=O) groups is 1. The van der Waals surface area contributed by atoms with Gasteiger partial charge < -0.3 is 14.4 Å². The van der Waals surface area contributed by atoms with E-state index in [2.05, 4.69) is 0 Å². The fraction of sp³-hybridized carbons (Fsp3) is 0.278. The first-order chi connectivity index (χ1) is 12.1. The highest BCUT2D eigenvalue weighted by molar-refractivity contribution is 5.82. The van der Waals surface area contributed by atoms with Crippen molar-refractivity contribution in [2.45, 2.75) is 6.10 Å². The molecule has 0 N–H and O–H groups in total. The Bertz CT molecular complexity index is 727. The number of morpholine rings is 1. The van der Waals surface area contributed by atoms with E-state index in [4.69, 9.17) is 9.47 Å². The molecule has 1 aliphatic rings. The van der Waals surface area contributed by atoms with Gasteiger partial charge in [0, 0.05) is 30.8 Å². The smallest absolute Gasteiger partial charge is 0.269 e. The Hall–Kier alpha value is -2.93. The van der Waals surface area contributed by atoms with Crippen LogP contribution in [0.15, 0.2) is 54.6 Å². The van der Waals surface area contributed by atoms with Gasteiger partial charge in [0.15, 0.2) is 0 Å². The molecule has 0 aliphatic carbocycles. The molecule has 1 heterocycles. The first-order valence-corrected chi connectivity index (χ1v) is 7.98. The van der Waals surface area contributed by atoms with E-state index in [0.29, 0.717) is 32.1 Å². The number of ether oxygens (including phenoxy) is 2. The number of nitro groups is 1. The van der Waals surface area contributed by atoms with Crippen molar-refractivity contribution in [3.05, 3.63) is 70.3 Å². The fourth-order valence-electron chi connectivity index (χ4n) is 2.62. The summed E-state index contributed by atoms with van der Waals surface area (Å²) in [6, 6.07) is 14.9. The van der Waals surface area contributed by atoms with Gasteiger partial charge in [-0.05, 0) is 12.1 Å². The van der Waals surface area contributed by atoms with Gasteiger partial charge >= 0.3 is 0 Å². The monoisotopic (exact) mass is 342 g/mol. The van der Waals surface area contributed by atoms with Crippen molar-refractivity contribution in [3.8, 4) is 5.75 Å². The zero-order valence-corrected chi connectivity index (χ0v) is 13.5. The van der Waals surface area contributed by atoms with Crippen LogP contribution in [0.25, 0.3) is 0 Å². The molecule has 7 heteroatoms. The van der Waals surface area contributed by atoms with Crippen molar-refractivity contribution in [2.75, 3.05) is 26.3 Å². The maximum atomic E-state index is 12.9. The summed E-state index contributed by atoms with van der Waals surface area (Å²) in [5.41, 5.74) is 0.709. The quantitative estimate of drug-likeness (QED) is 0.616. The number of rotatable bonds is 5. The van der Waals surface area contributed by atoms with Crippen LogP contribution in [0.5, 0.6) is 5.75 Å². The van der Waals surface area contributed by atoms with Crippen LogP contribution in [-0.2, 0) is 9.53 Å². The Morgan fingerprint density at radius 1 is 1.08 bits per heavy atom. The standard InChI is InChI=1S/C18H18N2O5/c21-18(19-10-12-24-13-11-19)17(14-4-2-1-3-5-14)25-16-8-6-15(7-9-16)20(22)23/h1-9,17H,10-13H2/t17-/m1/s1. The molecule has 1 amide bonds. The third-order valence-corrected chi connectivity index (χ3v) is 3.95. The van der Waals surface area contributed by atoms with Crippen LogP contribution in [-0.4, -0.2) is 42.0 Å². The maximum absolute atomic E-state index is 12.9. The van der Waals surface area contributed by atoms with E-state index >= 15 is 0 Å². The minimum atomic E-state index is -0.805. The molecule has 0 bridgehead atoms. The number of amides is 1. The molecular formula is C18H18N2O5. The molecule has 2 aromatic rings. The van der Waals surface area contributed by atoms with Gasteiger partial charge in [-0.15, -0.1) is 0 Å². The van der Waals surface area contributed by atoms with Crippen LogP contribution < -0.4 is 4.74 Å². The highest BCUT2D eigenvalue weighted by Crippen LogP contribution is 2.26. The largest absolute Gasteiger partial charge is 0.476 e. The molecule has 0 saturated carbocycles. The van der Waals surface area contributed by atoms with Crippen molar-refractivity contribution in [3.63, 3.8) is 0 Å². The number of non-ortho nitro benzene ring substituents is 1. The van der Waals surface area contributed by atoms with Crippen LogP contribution in [0, 0.1) is 10.1 Å². The lowest BCUT2D eigenvalue weighted by Gasteiger charge is -2.30. The van der Waals surface area contributed by atoms with E-state index in [9.17, 15) is 14.9 Å². The van der Waals surface area contributed by atoms with Crippen molar-refractivity contribution >= 4 is 11.6 Å². The van der Waals surface area contributed by atoms with E-state index in [1.807, 2.05) is 30.3 Å². The van der Waals surface area contributed by atoms with Gasteiger partial charge in [-0.2, -0.15) is 0 Å². The summed E-state index contributed by atoms with van der Waals surface area (Å²) in [6.07, 6.45) is -0.805. The van der Waals surface area contributed by atoms with E-state index in [1.54, 1.807) is 4.90 Å². The number of benzene rings is 2. The Morgan fingerprint density at radius 2 is 1.72 bits per heavy atom.